The van der Waals surface area contributed by atoms with E-state index in [9.17, 15) is 0 Å². The van der Waals surface area contributed by atoms with E-state index in [4.69, 9.17) is 23.2 Å². The molecule has 0 aliphatic heterocycles. The fourth-order valence-corrected chi connectivity index (χ4v) is 2.45. The van der Waals surface area contributed by atoms with Crippen LogP contribution in [0.5, 0.6) is 0 Å². The molecule has 0 saturated heterocycles. The quantitative estimate of drug-likeness (QED) is 0.578. The van der Waals surface area contributed by atoms with Gasteiger partial charge >= 0.3 is 0 Å². The van der Waals surface area contributed by atoms with Gasteiger partial charge in [0.15, 0.2) is 0 Å². The standard InChI is InChI=1S/C16H25Cl2N/c1-13(2)8-5-3-4-6-11-19-12-14-9-7-10-15(17)16(14)18/h7,9-10,13,19H,3-6,8,11-12H2,1-2H3. The summed E-state index contributed by atoms with van der Waals surface area (Å²) in [7, 11) is 0. The van der Waals surface area contributed by atoms with E-state index in [-0.39, 0.29) is 0 Å². The molecule has 0 aromatic heterocycles. The van der Waals surface area contributed by atoms with Crippen LogP contribution < -0.4 is 5.32 Å². The average molecular weight is 302 g/mol. The SMILES string of the molecule is CC(C)CCCCCCNCc1cccc(Cl)c1Cl. The Hall–Kier alpha value is -0.240. The molecule has 1 rings (SSSR count). The van der Waals surface area contributed by atoms with Gasteiger partial charge in [0.25, 0.3) is 0 Å². The van der Waals surface area contributed by atoms with Crippen LogP contribution in [0.15, 0.2) is 18.2 Å². The minimum absolute atomic E-state index is 0.634. The maximum Gasteiger partial charge on any atom is 0.0637 e. The molecule has 0 unspecified atom stereocenters. The molecule has 0 bridgehead atoms. The molecular formula is C16H25Cl2N. The van der Waals surface area contributed by atoms with Crippen LogP contribution in [0.4, 0.5) is 0 Å². The lowest BCUT2D eigenvalue weighted by Gasteiger charge is -2.08. The van der Waals surface area contributed by atoms with E-state index in [0.717, 1.165) is 24.6 Å². The second kappa shape index (κ2) is 9.63. The molecule has 0 aliphatic carbocycles. The molecular weight excluding hydrogens is 277 g/mol. The van der Waals surface area contributed by atoms with Crippen molar-refractivity contribution in [1.82, 2.24) is 5.32 Å². The first-order valence-corrected chi connectivity index (χ1v) is 8.00. The van der Waals surface area contributed by atoms with Gasteiger partial charge in [-0.15, -0.1) is 0 Å². The highest BCUT2D eigenvalue weighted by Crippen LogP contribution is 2.25. The van der Waals surface area contributed by atoms with Gasteiger partial charge in [-0.05, 0) is 30.5 Å². The van der Waals surface area contributed by atoms with Crippen LogP contribution in [0.3, 0.4) is 0 Å². The van der Waals surface area contributed by atoms with Crippen LogP contribution in [-0.4, -0.2) is 6.54 Å². The van der Waals surface area contributed by atoms with Gasteiger partial charge in [-0.2, -0.15) is 0 Å². The Morgan fingerprint density at radius 1 is 1.05 bits per heavy atom. The molecule has 0 fully saturated rings. The number of hydrogen-bond donors (Lipinski definition) is 1. The molecule has 0 heterocycles. The predicted octanol–water partition coefficient (Wildman–Crippen LogP) is 5.69. The largest absolute Gasteiger partial charge is 0.313 e. The third kappa shape index (κ3) is 7.20. The number of halogens is 2. The van der Waals surface area contributed by atoms with Crippen molar-refractivity contribution in [3.05, 3.63) is 33.8 Å². The first-order chi connectivity index (χ1) is 9.11. The Kier molecular flexibility index (Phi) is 8.52. The fraction of sp³-hybridized carbons (Fsp3) is 0.625. The molecule has 1 N–H and O–H groups in total. The summed E-state index contributed by atoms with van der Waals surface area (Å²) in [4.78, 5) is 0. The van der Waals surface area contributed by atoms with Crippen molar-refractivity contribution in [3.8, 4) is 0 Å². The van der Waals surface area contributed by atoms with Gasteiger partial charge in [0.2, 0.25) is 0 Å². The number of hydrogen-bond acceptors (Lipinski definition) is 1. The summed E-state index contributed by atoms with van der Waals surface area (Å²) < 4.78 is 0. The summed E-state index contributed by atoms with van der Waals surface area (Å²) in [6.07, 6.45) is 6.60. The zero-order valence-corrected chi connectivity index (χ0v) is 13.5. The van der Waals surface area contributed by atoms with Crippen LogP contribution in [0.2, 0.25) is 10.0 Å². The van der Waals surface area contributed by atoms with Gasteiger partial charge in [0.1, 0.15) is 0 Å². The zero-order valence-electron chi connectivity index (χ0n) is 12.0. The molecule has 0 spiro atoms. The molecule has 19 heavy (non-hydrogen) atoms. The molecule has 1 aromatic carbocycles. The summed E-state index contributed by atoms with van der Waals surface area (Å²) in [5.41, 5.74) is 1.08. The molecule has 108 valence electrons. The van der Waals surface area contributed by atoms with Gasteiger partial charge in [0, 0.05) is 6.54 Å². The highest BCUT2D eigenvalue weighted by atomic mass is 35.5. The molecule has 0 aliphatic rings. The van der Waals surface area contributed by atoms with Gasteiger partial charge in [-0.25, -0.2) is 0 Å². The third-order valence-electron chi connectivity index (χ3n) is 3.23. The lowest BCUT2D eigenvalue weighted by molar-refractivity contribution is 0.512. The second-order valence-electron chi connectivity index (χ2n) is 5.49. The summed E-state index contributed by atoms with van der Waals surface area (Å²) in [5, 5.41) is 4.73. The van der Waals surface area contributed by atoms with E-state index in [1.165, 1.54) is 32.1 Å². The van der Waals surface area contributed by atoms with Crippen molar-refractivity contribution in [3.63, 3.8) is 0 Å². The van der Waals surface area contributed by atoms with E-state index in [2.05, 4.69) is 19.2 Å². The molecule has 3 heteroatoms. The second-order valence-corrected chi connectivity index (χ2v) is 6.27. The highest BCUT2D eigenvalue weighted by molar-refractivity contribution is 6.42. The van der Waals surface area contributed by atoms with Crippen LogP contribution >= 0.6 is 23.2 Å². The maximum atomic E-state index is 6.13. The first kappa shape index (κ1) is 16.8. The normalized spacial score (nSPS) is 11.2. The van der Waals surface area contributed by atoms with Crippen molar-refractivity contribution >= 4 is 23.2 Å². The molecule has 0 saturated carbocycles. The lowest BCUT2D eigenvalue weighted by atomic mass is 10.0. The summed E-state index contributed by atoms with van der Waals surface area (Å²) in [6.45, 7) is 6.42. The van der Waals surface area contributed by atoms with Gasteiger partial charge in [-0.1, -0.05) is 74.9 Å². The van der Waals surface area contributed by atoms with E-state index in [1.807, 2.05) is 18.2 Å². The predicted molar refractivity (Wildman–Crippen MR) is 86.1 cm³/mol. The lowest BCUT2D eigenvalue weighted by Crippen LogP contribution is -2.14. The van der Waals surface area contributed by atoms with E-state index < -0.39 is 0 Å². The first-order valence-electron chi connectivity index (χ1n) is 7.25. The Labute approximate surface area is 127 Å². The van der Waals surface area contributed by atoms with Crippen molar-refractivity contribution in [1.29, 1.82) is 0 Å². The van der Waals surface area contributed by atoms with Crippen LogP contribution in [0.1, 0.15) is 51.5 Å². The van der Waals surface area contributed by atoms with Crippen molar-refractivity contribution in [2.75, 3.05) is 6.54 Å². The summed E-state index contributed by atoms with van der Waals surface area (Å²) in [5.74, 6) is 0.836. The Morgan fingerprint density at radius 2 is 1.79 bits per heavy atom. The van der Waals surface area contributed by atoms with Crippen LogP contribution in [0, 0.1) is 5.92 Å². The highest BCUT2D eigenvalue weighted by Gasteiger charge is 2.03. The van der Waals surface area contributed by atoms with E-state index in [0.29, 0.717) is 10.0 Å². The molecule has 0 radical (unpaired) electrons. The molecule has 0 atom stereocenters. The number of rotatable bonds is 9. The molecule has 1 aromatic rings. The number of unbranched alkanes of at least 4 members (excludes halogenated alkanes) is 3. The van der Waals surface area contributed by atoms with E-state index in [1.54, 1.807) is 0 Å². The van der Waals surface area contributed by atoms with Crippen molar-refractivity contribution in [2.24, 2.45) is 5.92 Å². The minimum atomic E-state index is 0.634. The van der Waals surface area contributed by atoms with Gasteiger partial charge in [0.05, 0.1) is 10.0 Å². The van der Waals surface area contributed by atoms with Gasteiger partial charge in [-0.3, -0.25) is 0 Å². The maximum absolute atomic E-state index is 6.13. The topological polar surface area (TPSA) is 12.0 Å². The fourth-order valence-electron chi connectivity index (χ4n) is 2.06. The van der Waals surface area contributed by atoms with Crippen molar-refractivity contribution < 1.29 is 0 Å². The van der Waals surface area contributed by atoms with Crippen LogP contribution in [0.25, 0.3) is 0 Å². The molecule has 0 amide bonds. The minimum Gasteiger partial charge on any atom is -0.313 e. The van der Waals surface area contributed by atoms with Crippen molar-refractivity contribution in [2.45, 2.75) is 52.5 Å². The monoisotopic (exact) mass is 301 g/mol. The number of benzene rings is 1. The Bertz CT molecular complexity index is 364. The third-order valence-corrected chi connectivity index (χ3v) is 4.09. The Morgan fingerprint density at radius 3 is 2.53 bits per heavy atom. The number of nitrogens with one attached hydrogen (secondary N) is 1. The molecule has 1 nitrogen and oxygen atoms in total. The Balaban J connectivity index is 2.06. The van der Waals surface area contributed by atoms with Crippen LogP contribution in [-0.2, 0) is 6.54 Å². The van der Waals surface area contributed by atoms with Gasteiger partial charge < -0.3 is 5.32 Å². The summed E-state index contributed by atoms with van der Waals surface area (Å²) >= 11 is 12.1. The summed E-state index contributed by atoms with van der Waals surface area (Å²) in [6, 6.07) is 5.78. The smallest absolute Gasteiger partial charge is 0.0637 e. The zero-order chi connectivity index (χ0) is 14.1. The average Bonchev–Trinajstić information content (AvgIpc) is 2.37. The van der Waals surface area contributed by atoms with E-state index >= 15 is 0 Å².